The van der Waals surface area contributed by atoms with E-state index in [4.69, 9.17) is 10.5 Å². The lowest BCUT2D eigenvalue weighted by atomic mass is 10.2. The molecular weight excluding hydrogens is 340 g/mol. The van der Waals surface area contributed by atoms with Crippen LogP contribution in [0.2, 0.25) is 0 Å². The summed E-state index contributed by atoms with van der Waals surface area (Å²) in [6, 6.07) is 10.4. The maximum Gasteiger partial charge on any atom is 0.230 e. The molecule has 0 unspecified atom stereocenters. The number of aromatic amines is 1. The van der Waals surface area contributed by atoms with E-state index in [9.17, 15) is 4.79 Å². The Bertz CT molecular complexity index is 680. The Morgan fingerprint density at radius 1 is 1.44 bits per heavy atom. The number of carbonyl (C=O) groups excluding carboxylic acids is 1. The summed E-state index contributed by atoms with van der Waals surface area (Å²) >= 11 is 1.24. The molecule has 4 N–H and O–H groups in total. The van der Waals surface area contributed by atoms with E-state index in [2.05, 4.69) is 37.5 Å². The molecule has 0 bridgehead atoms. The molecule has 3 rings (SSSR count). The minimum absolute atomic E-state index is 0.00515. The zero-order valence-electron chi connectivity index (χ0n) is 13.9. The first-order valence-electron chi connectivity index (χ1n) is 8.14. The van der Waals surface area contributed by atoms with Crippen molar-refractivity contribution in [2.45, 2.75) is 17.8 Å². The Hall–Kier alpha value is -2.10. The van der Waals surface area contributed by atoms with Crippen molar-refractivity contribution in [1.29, 1.82) is 0 Å². The van der Waals surface area contributed by atoms with Crippen molar-refractivity contribution in [2.75, 3.05) is 37.7 Å². The van der Waals surface area contributed by atoms with Gasteiger partial charge in [0, 0.05) is 26.2 Å². The minimum Gasteiger partial charge on any atom is -0.374 e. The lowest BCUT2D eigenvalue weighted by Crippen LogP contribution is -2.47. The van der Waals surface area contributed by atoms with Crippen LogP contribution in [0, 0.1) is 0 Å². The summed E-state index contributed by atoms with van der Waals surface area (Å²) in [6.45, 7) is 3.79. The molecule has 1 fully saturated rings. The van der Waals surface area contributed by atoms with Crippen molar-refractivity contribution in [3.05, 3.63) is 35.9 Å². The average Bonchev–Trinajstić information content (AvgIpc) is 3.05. The number of carbonyl (C=O) groups is 1. The van der Waals surface area contributed by atoms with Gasteiger partial charge in [-0.2, -0.15) is 4.98 Å². The predicted octanol–water partition coefficient (Wildman–Crippen LogP) is 0.496. The van der Waals surface area contributed by atoms with E-state index in [1.165, 1.54) is 17.3 Å². The molecule has 1 aliphatic rings. The first kappa shape index (κ1) is 17.7. The largest absolute Gasteiger partial charge is 0.374 e. The van der Waals surface area contributed by atoms with Crippen molar-refractivity contribution >= 4 is 23.6 Å². The number of rotatable bonds is 7. The quantitative estimate of drug-likeness (QED) is 0.615. The summed E-state index contributed by atoms with van der Waals surface area (Å²) in [4.78, 5) is 18.2. The Labute approximate surface area is 150 Å². The molecular formula is C16H22N6O2S. The highest BCUT2D eigenvalue weighted by Gasteiger charge is 2.21. The molecule has 1 aliphatic heterocycles. The number of nitrogens with one attached hydrogen (secondary N) is 2. The van der Waals surface area contributed by atoms with E-state index in [1.54, 1.807) is 0 Å². The molecule has 134 valence electrons. The van der Waals surface area contributed by atoms with Gasteiger partial charge in [0.05, 0.1) is 18.5 Å². The highest BCUT2D eigenvalue weighted by atomic mass is 32.2. The van der Waals surface area contributed by atoms with Crippen molar-refractivity contribution in [3.8, 4) is 0 Å². The van der Waals surface area contributed by atoms with Crippen LogP contribution in [-0.4, -0.2) is 64.1 Å². The van der Waals surface area contributed by atoms with Crippen LogP contribution in [0.1, 0.15) is 5.56 Å². The summed E-state index contributed by atoms with van der Waals surface area (Å²) in [5.74, 6) is 0.423. The summed E-state index contributed by atoms with van der Waals surface area (Å²) in [5, 5.41) is 9.79. The van der Waals surface area contributed by atoms with E-state index >= 15 is 0 Å². The Morgan fingerprint density at radius 3 is 3.04 bits per heavy atom. The number of hydrogen-bond acceptors (Lipinski definition) is 7. The number of hydrogen-bond donors (Lipinski definition) is 3. The third-order valence-corrected chi connectivity index (χ3v) is 4.66. The predicted molar refractivity (Wildman–Crippen MR) is 96.0 cm³/mol. The molecule has 2 heterocycles. The Morgan fingerprint density at radius 2 is 2.28 bits per heavy atom. The van der Waals surface area contributed by atoms with Crippen LogP contribution in [0.3, 0.4) is 0 Å². The standard InChI is InChI=1S/C16H22N6O2S/c17-15-19-16(21-20-15)25-11-14(23)18-8-13-10-22(6-7-24-13)9-12-4-2-1-3-5-12/h1-5,13H,6-11H2,(H,18,23)(H3,17,19,20,21)/t13-/m0/s1. The van der Waals surface area contributed by atoms with Crippen LogP contribution in [0.4, 0.5) is 5.95 Å². The molecule has 1 aromatic carbocycles. The van der Waals surface area contributed by atoms with Gasteiger partial charge in [-0.3, -0.25) is 9.69 Å². The zero-order valence-corrected chi connectivity index (χ0v) is 14.7. The molecule has 1 amide bonds. The maximum atomic E-state index is 11.9. The van der Waals surface area contributed by atoms with Gasteiger partial charge in [-0.15, -0.1) is 5.10 Å². The number of anilines is 1. The van der Waals surface area contributed by atoms with Crippen LogP contribution in [-0.2, 0) is 16.1 Å². The second-order valence-electron chi connectivity index (χ2n) is 5.81. The van der Waals surface area contributed by atoms with Gasteiger partial charge in [0.15, 0.2) is 0 Å². The van der Waals surface area contributed by atoms with E-state index in [0.29, 0.717) is 18.3 Å². The van der Waals surface area contributed by atoms with E-state index < -0.39 is 0 Å². The number of aromatic nitrogens is 3. The van der Waals surface area contributed by atoms with E-state index in [1.807, 2.05) is 18.2 Å². The van der Waals surface area contributed by atoms with E-state index in [0.717, 1.165) is 19.6 Å². The highest BCUT2D eigenvalue weighted by Crippen LogP contribution is 2.13. The SMILES string of the molecule is Nc1nc(SCC(=O)NC[C@H]2CN(Cc3ccccc3)CCO2)n[nH]1. The van der Waals surface area contributed by atoms with Crippen molar-refractivity contribution in [1.82, 2.24) is 25.4 Å². The molecule has 1 aromatic heterocycles. The van der Waals surface area contributed by atoms with Gasteiger partial charge in [0.1, 0.15) is 0 Å². The van der Waals surface area contributed by atoms with Gasteiger partial charge < -0.3 is 15.8 Å². The summed E-state index contributed by atoms with van der Waals surface area (Å²) in [6.07, 6.45) is 0.00515. The molecule has 9 heteroatoms. The zero-order chi connectivity index (χ0) is 17.5. The Balaban J connectivity index is 1.38. The molecule has 0 saturated carbocycles. The molecule has 0 radical (unpaired) electrons. The molecule has 1 atom stereocenters. The fourth-order valence-electron chi connectivity index (χ4n) is 2.62. The molecule has 8 nitrogen and oxygen atoms in total. The highest BCUT2D eigenvalue weighted by molar-refractivity contribution is 7.99. The molecule has 0 spiro atoms. The van der Waals surface area contributed by atoms with Crippen molar-refractivity contribution < 1.29 is 9.53 Å². The number of morpholine rings is 1. The average molecular weight is 362 g/mol. The number of nitrogens with zero attached hydrogens (tertiary/aromatic N) is 3. The third-order valence-electron chi connectivity index (χ3n) is 3.81. The van der Waals surface area contributed by atoms with Gasteiger partial charge in [-0.1, -0.05) is 42.1 Å². The maximum absolute atomic E-state index is 11.9. The van der Waals surface area contributed by atoms with Crippen molar-refractivity contribution in [2.24, 2.45) is 0 Å². The minimum atomic E-state index is -0.0721. The fraction of sp³-hybridized carbons (Fsp3) is 0.438. The number of thioether (sulfide) groups is 1. The molecule has 0 aliphatic carbocycles. The first-order chi connectivity index (χ1) is 12.2. The van der Waals surface area contributed by atoms with Gasteiger partial charge >= 0.3 is 0 Å². The second kappa shape index (κ2) is 8.84. The van der Waals surface area contributed by atoms with Gasteiger partial charge in [0.25, 0.3) is 0 Å². The number of H-pyrrole nitrogens is 1. The number of benzene rings is 1. The number of amides is 1. The fourth-order valence-corrected chi connectivity index (χ4v) is 3.26. The van der Waals surface area contributed by atoms with Gasteiger partial charge in [-0.05, 0) is 5.56 Å². The number of ether oxygens (including phenoxy) is 1. The van der Waals surface area contributed by atoms with Crippen LogP contribution in [0.25, 0.3) is 0 Å². The van der Waals surface area contributed by atoms with Gasteiger partial charge in [0.2, 0.25) is 17.0 Å². The number of nitrogens with two attached hydrogens (primary N) is 1. The van der Waals surface area contributed by atoms with Crippen LogP contribution in [0.15, 0.2) is 35.5 Å². The third kappa shape index (κ3) is 5.73. The molecule has 1 saturated heterocycles. The Kier molecular flexibility index (Phi) is 6.26. The topological polar surface area (TPSA) is 109 Å². The molecule has 2 aromatic rings. The number of nitrogen functional groups attached to an aromatic ring is 1. The smallest absolute Gasteiger partial charge is 0.230 e. The second-order valence-corrected chi connectivity index (χ2v) is 6.75. The van der Waals surface area contributed by atoms with Crippen LogP contribution in [0.5, 0.6) is 0 Å². The first-order valence-corrected chi connectivity index (χ1v) is 9.13. The van der Waals surface area contributed by atoms with Gasteiger partial charge in [-0.25, -0.2) is 5.10 Å². The summed E-state index contributed by atoms with van der Waals surface area (Å²) in [5.41, 5.74) is 6.73. The van der Waals surface area contributed by atoms with E-state index in [-0.39, 0.29) is 23.7 Å². The molecule has 25 heavy (non-hydrogen) atoms. The monoisotopic (exact) mass is 362 g/mol. The van der Waals surface area contributed by atoms with Crippen LogP contribution >= 0.6 is 11.8 Å². The lowest BCUT2D eigenvalue weighted by molar-refractivity contribution is -0.119. The van der Waals surface area contributed by atoms with Crippen molar-refractivity contribution in [3.63, 3.8) is 0 Å². The van der Waals surface area contributed by atoms with Crippen LogP contribution < -0.4 is 11.1 Å². The summed E-state index contributed by atoms with van der Waals surface area (Å²) < 4.78 is 5.75. The summed E-state index contributed by atoms with van der Waals surface area (Å²) in [7, 11) is 0. The lowest BCUT2D eigenvalue weighted by Gasteiger charge is -2.33. The normalized spacial score (nSPS) is 18.2.